The first-order valence-electron chi connectivity index (χ1n) is 7.13. The number of aryl methyl sites for hydroxylation is 2. The molecule has 1 aromatic heterocycles. The van der Waals surface area contributed by atoms with Crippen molar-refractivity contribution < 1.29 is 9.59 Å². The Hall–Kier alpha value is -2.14. The monoisotopic (exact) mass is 316 g/mol. The summed E-state index contributed by atoms with van der Waals surface area (Å²) in [6.45, 7) is 5.50. The lowest BCUT2D eigenvalue weighted by molar-refractivity contribution is -0.120. The van der Waals surface area contributed by atoms with E-state index in [1.165, 1.54) is 23.8 Å². The minimum atomic E-state index is -0.288. The van der Waals surface area contributed by atoms with E-state index in [-0.39, 0.29) is 24.3 Å². The molecule has 5 heteroatoms. The zero-order valence-corrected chi connectivity index (χ0v) is 13.8. The van der Waals surface area contributed by atoms with Crippen LogP contribution in [0, 0.1) is 13.8 Å². The van der Waals surface area contributed by atoms with Crippen LogP contribution in [-0.4, -0.2) is 11.8 Å². The first kappa shape index (κ1) is 16.2. The molecule has 22 heavy (non-hydrogen) atoms. The summed E-state index contributed by atoms with van der Waals surface area (Å²) in [5.74, 6) is -0.257. The molecule has 1 unspecified atom stereocenters. The Morgan fingerprint density at radius 1 is 1.18 bits per heavy atom. The summed E-state index contributed by atoms with van der Waals surface area (Å²) in [4.78, 5) is 24.5. The second kappa shape index (κ2) is 7.22. The largest absolute Gasteiger partial charge is 0.348 e. The van der Waals surface area contributed by atoms with Gasteiger partial charge in [-0.15, -0.1) is 11.3 Å². The van der Waals surface area contributed by atoms with Crippen molar-refractivity contribution in [1.29, 1.82) is 0 Å². The number of carbonyl (C=O) groups excluding carboxylic acids is 2. The zero-order valence-electron chi connectivity index (χ0n) is 13.0. The molecule has 1 aromatic carbocycles. The van der Waals surface area contributed by atoms with Gasteiger partial charge in [0.1, 0.15) is 0 Å². The van der Waals surface area contributed by atoms with Crippen LogP contribution in [0.2, 0.25) is 0 Å². The highest BCUT2D eigenvalue weighted by Gasteiger charge is 2.18. The maximum absolute atomic E-state index is 12.2. The van der Waals surface area contributed by atoms with Crippen LogP contribution >= 0.6 is 11.3 Å². The Kier molecular flexibility index (Phi) is 5.33. The highest BCUT2D eigenvalue weighted by atomic mass is 32.1. The molecular weight excluding hydrogens is 296 g/mol. The molecule has 0 bridgehead atoms. The number of thiophene rings is 1. The Morgan fingerprint density at radius 3 is 2.55 bits per heavy atom. The van der Waals surface area contributed by atoms with Crippen molar-refractivity contribution in [1.82, 2.24) is 5.32 Å². The number of anilines is 1. The molecule has 2 N–H and O–H groups in total. The third kappa shape index (κ3) is 4.43. The molecule has 2 amide bonds. The molecule has 4 nitrogen and oxygen atoms in total. The number of nitrogens with one attached hydrogen (secondary N) is 2. The van der Waals surface area contributed by atoms with Crippen molar-refractivity contribution >= 4 is 28.8 Å². The summed E-state index contributed by atoms with van der Waals surface area (Å²) in [5, 5.41) is 7.66. The maximum atomic E-state index is 12.2. The third-order valence-corrected chi connectivity index (χ3v) is 4.43. The molecule has 0 radical (unpaired) electrons. The molecule has 0 aliphatic rings. The first-order valence-corrected chi connectivity index (χ1v) is 8.01. The van der Waals surface area contributed by atoms with E-state index in [0.717, 1.165) is 16.1 Å². The van der Waals surface area contributed by atoms with Crippen LogP contribution in [0.25, 0.3) is 0 Å². The van der Waals surface area contributed by atoms with E-state index < -0.39 is 0 Å². The molecule has 0 saturated carbocycles. The van der Waals surface area contributed by atoms with Crippen molar-refractivity contribution in [3.63, 3.8) is 0 Å². The average molecular weight is 316 g/mol. The third-order valence-electron chi connectivity index (χ3n) is 3.44. The molecule has 0 fully saturated rings. The van der Waals surface area contributed by atoms with Crippen LogP contribution in [0.15, 0.2) is 35.7 Å². The lowest BCUT2D eigenvalue weighted by Gasteiger charge is -2.16. The molecule has 0 spiro atoms. The van der Waals surface area contributed by atoms with Gasteiger partial charge in [-0.25, -0.2) is 0 Å². The van der Waals surface area contributed by atoms with E-state index >= 15 is 0 Å². The van der Waals surface area contributed by atoms with Crippen molar-refractivity contribution in [3.8, 4) is 0 Å². The van der Waals surface area contributed by atoms with Gasteiger partial charge < -0.3 is 10.6 Å². The van der Waals surface area contributed by atoms with Crippen molar-refractivity contribution in [3.05, 3.63) is 51.7 Å². The van der Waals surface area contributed by atoms with Gasteiger partial charge in [-0.05, 0) is 48.6 Å². The van der Waals surface area contributed by atoms with Crippen LogP contribution in [0.5, 0.6) is 0 Å². The lowest BCUT2D eigenvalue weighted by Crippen LogP contribution is -2.29. The normalized spacial score (nSPS) is 11.8. The van der Waals surface area contributed by atoms with Gasteiger partial charge in [0.15, 0.2) is 0 Å². The lowest BCUT2D eigenvalue weighted by atomic mass is 10.1. The van der Waals surface area contributed by atoms with Crippen LogP contribution in [0.3, 0.4) is 0 Å². The molecule has 0 aliphatic heterocycles. The molecule has 1 heterocycles. The topological polar surface area (TPSA) is 58.2 Å². The Morgan fingerprint density at radius 2 is 1.95 bits per heavy atom. The van der Waals surface area contributed by atoms with E-state index in [1.807, 2.05) is 49.6 Å². The quantitative estimate of drug-likeness (QED) is 0.886. The number of benzene rings is 1. The number of hydrogen-bond acceptors (Lipinski definition) is 3. The number of carbonyl (C=O) groups is 2. The summed E-state index contributed by atoms with van der Waals surface area (Å²) in [6.07, 6.45) is 0.215. The van der Waals surface area contributed by atoms with Gasteiger partial charge in [0, 0.05) is 17.5 Å². The molecule has 116 valence electrons. The van der Waals surface area contributed by atoms with E-state index in [2.05, 4.69) is 10.6 Å². The standard InChI is InChI=1S/C17H20N2O2S/c1-11-6-7-14(9-12(11)2)19-17(21)10-15(18-13(3)20)16-5-4-8-22-16/h4-9,15H,10H2,1-3H3,(H,18,20)(H,19,21). The van der Waals surface area contributed by atoms with Crippen LogP contribution in [-0.2, 0) is 9.59 Å². The van der Waals surface area contributed by atoms with Crippen molar-refractivity contribution in [2.45, 2.75) is 33.2 Å². The van der Waals surface area contributed by atoms with Crippen molar-refractivity contribution in [2.24, 2.45) is 0 Å². The minimum Gasteiger partial charge on any atom is -0.348 e. The zero-order chi connectivity index (χ0) is 16.1. The van der Waals surface area contributed by atoms with Gasteiger partial charge in [0.25, 0.3) is 0 Å². The highest BCUT2D eigenvalue weighted by molar-refractivity contribution is 7.10. The van der Waals surface area contributed by atoms with Crippen LogP contribution in [0.1, 0.15) is 35.4 Å². The first-order chi connectivity index (χ1) is 10.5. The average Bonchev–Trinajstić information content (AvgIpc) is 2.95. The van der Waals surface area contributed by atoms with Gasteiger partial charge in [-0.1, -0.05) is 12.1 Å². The minimum absolute atomic E-state index is 0.115. The Balaban J connectivity index is 2.04. The maximum Gasteiger partial charge on any atom is 0.226 e. The van der Waals surface area contributed by atoms with Crippen LogP contribution < -0.4 is 10.6 Å². The van der Waals surface area contributed by atoms with Gasteiger partial charge in [-0.2, -0.15) is 0 Å². The predicted molar refractivity (Wildman–Crippen MR) is 90.0 cm³/mol. The Labute approximate surface area is 134 Å². The molecule has 2 rings (SSSR count). The summed E-state index contributed by atoms with van der Waals surface area (Å²) in [7, 11) is 0. The summed E-state index contributed by atoms with van der Waals surface area (Å²) >= 11 is 1.53. The fraction of sp³-hybridized carbons (Fsp3) is 0.294. The van der Waals surface area contributed by atoms with E-state index in [9.17, 15) is 9.59 Å². The Bertz CT molecular complexity index is 665. The predicted octanol–water partition coefficient (Wildman–Crippen LogP) is 3.57. The molecular formula is C17H20N2O2S. The smallest absolute Gasteiger partial charge is 0.226 e. The SMILES string of the molecule is CC(=O)NC(CC(=O)Nc1ccc(C)c(C)c1)c1cccs1. The summed E-state index contributed by atoms with van der Waals surface area (Å²) in [5.41, 5.74) is 3.10. The van der Waals surface area contributed by atoms with Crippen molar-refractivity contribution in [2.75, 3.05) is 5.32 Å². The van der Waals surface area contributed by atoms with Gasteiger partial charge in [0.05, 0.1) is 12.5 Å². The van der Waals surface area contributed by atoms with E-state index in [1.54, 1.807) is 0 Å². The molecule has 2 aromatic rings. The fourth-order valence-corrected chi connectivity index (χ4v) is 2.95. The number of amides is 2. The number of hydrogen-bond donors (Lipinski definition) is 2. The molecule has 0 aliphatic carbocycles. The molecule has 0 saturated heterocycles. The summed E-state index contributed by atoms with van der Waals surface area (Å²) < 4.78 is 0. The summed E-state index contributed by atoms with van der Waals surface area (Å²) in [6, 6.07) is 9.37. The van der Waals surface area contributed by atoms with Gasteiger partial charge >= 0.3 is 0 Å². The second-order valence-corrected chi connectivity index (χ2v) is 6.30. The van der Waals surface area contributed by atoms with Crippen LogP contribution in [0.4, 0.5) is 5.69 Å². The fourth-order valence-electron chi connectivity index (χ4n) is 2.17. The van der Waals surface area contributed by atoms with E-state index in [0.29, 0.717) is 0 Å². The molecule has 1 atom stereocenters. The van der Waals surface area contributed by atoms with Gasteiger partial charge in [-0.3, -0.25) is 9.59 Å². The number of rotatable bonds is 5. The second-order valence-electron chi connectivity index (χ2n) is 5.32. The van der Waals surface area contributed by atoms with E-state index in [4.69, 9.17) is 0 Å². The van der Waals surface area contributed by atoms with Gasteiger partial charge in [0.2, 0.25) is 11.8 Å². The highest BCUT2D eigenvalue weighted by Crippen LogP contribution is 2.23.